The third-order valence-corrected chi connectivity index (χ3v) is 2.40. The molecule has 0 heterocycles. The first-order chi connectivity index (χ1) is 8.52. The number of likely N-dealkylation sites (N-methyl/N-ethyl adjacent to an activating group) is 1. The van der Waals surface area contributed by atoms with Gasteiger partial charge in [-0.05, 0) is 17.7 Å². The second kappa shape index (κ2) is 6.61. The molecule has 0 bridgehead atoms. The maximum atomic E-state index is 11.7. The van der Waals surface area contributed by atoms with Crippen molar-refractivity contribution in [2.45, 2.75) is 6.54 Å². The molecule has 0 atom stereocenters. The second-order valence-corrected chi connectivity index (χ2v) is 3.90. The molecule has 1 aromatic carbocycles. The molecule has 0 aliphatic heterocycles. The minimum absolute atomic E-state index is 0.0649. The van der Waals surface area contributed by atoms with Crippen LogP contribution in [0.3, 0.4) is 0 Å². The van der Waals surface area contributed by atoms with Crippen molar-refractivity contribution in [3.63, 3.8) is 0 Å². The Balaban J connectivity index is 2.44. The van der Waals surface area contributed by atoms with Crippen molar-refractivity contribution in [3.8, 4) is 5.75 Å². The first-order valence-electron chi connectivity index (χ1n) is 5.51. The number of benzene rings is 1. The molecule has 0 aliphatic rings. The molecule has 0 fully saturated rings. The summed E-state index contributed by atoms with van der Waals surface area (Å²) in [5.41, 5.74) is 6.01. The number of carbonyl (C=O) groups excluding carboxylic acids is 2. The highest BCUT2D eigenvalue weighted by molar-refractivity contribution is 5.85. The van der Waals surface area contributed by atoms with Gasteiger partial charge in [0.05, 0.1) is 13.1 Å². The van der Waals surface area contributed by atoms with Gasteiger partial charge >= 0.3 is 0 Å². The lowest BCUT2D eigenvalue weighted by Crippen LogP contribution is -2.40. The normalized spacial score (nSPS) is 9.89. The summed E-state index contributed by atoms with van der Waals surface area (Å²) < 4.78 is 0. The quantitative estimate of drug-likeness (QED) is 0.652. The molecule has 0 unspecified atom stereocenters. The summed E-state index contributed by atoms with van der Waals surface area (Å²) >= 11 is 0. The van der Waals surface area contributed by atoms with Gasteiger partial charge in [0.1, 0.15) is 5.75 Å². The van der Waals surface area contributed by atoms with Gasteiger partial charge in [-0.2, -0.15) is 0 Å². The molecular formula is C12H17N3O3. The van der Waals surface area contributed by atoms with E-state index in [-0.39, 0.29) is 30.7 Å². The zero-order valence-corrected chi connectivity index (χ0v) is 10.2. The summed E-state index contributed by atoms with van der Waals surface area (Å²) in [6.07, 6.45) is 0. The topological polar surface area (TPSA) is 95.7 Å². The highest BCUT2D eigenvalue weighted by atomic mass is 16.3. The van der Waals surface area contributed by atoms with Crippen LogP contribution in [0.4, 0.5) is 0 Å². The Bertz CT molecular complexity index is 417. The van der Waals surface area contributed by atoms with Crippen LogP contribution < -0.4 is 11.1 Å². The van der Waals surface area contributed by atoms with Crippen LogP contribution in [-0.2, 0) is 16.1 Å². The van der Waals surface area contributed by atoms with Crippen LogP contribution >= 0.6 is 0 Å². The molecule has 6 heteroatoms. The minimum Gasteiger partial charge on any atom is -0.508 e. The van der Waals surface area contributed by atoms with Crippen molar-refractivity contribution < 1.29 is 14.7 Å². The number of nitrogens with two attached hydrogens (primary N) is 1. The average molecular weight is 251 g/mol. The van der Waals surface area contributed by atoms with E-state index in [2.05, 4.69) is 5.32 Å². The standard InChI is InChI=1S/C12H17N3O3/c1-15(12(18)7-14-11(17)6-13)8-9-2-4-10(16)5-3-9/h2-5,16H,6-8,13H2,1H3,(H,14,17). The number of amides is 2. The number of phenols is 1. The van der Waals surface area contributed by atoms with Crippen molar-refractivity contribution in [1.29, 1.82) is 0 Å². The molecule has 18 heavy (non-hydrogen) atoms. The second-order valence-electron chi connectivity index (χ2n) is 3.90. The Hall–Kier alpha value is -2.08. The fourth-order valence-corrected chi connectivity index (χ4v) is 1.34. The molecule has 0 saturated carbocycles. The third-order valence-electron chi connectivity index (χ3n) is 2.40. The Kier molecular flexibility index (Phi) is 5.13. The number of hydrogen-bond donors (Lipinski definition) is 3. The van der Waals surface area contributed by atoms with Gasteiger partial charge in [-0.15, -0.1) is 0 Å². The molecule has 0 aliphatic carbocycles. The number of rotatable bonds is 5. The Morgan fingerprint density at radius 2 is 1.94 bits per heavy atom. The highest BCUT2D eigenvalue weighted by Gasteiger charge is 2.10. The van der Waals surface area contributed by atoms with Gasteiger partial charge in [0.25, 0.3) is 0 Å². The van der Waals surface area contributed by atoms with Gasteiger partial charge in [-0.25, -0.2) is 0 Å². The predicted molar refractivity (Wildman–Crippen MR) is 66.6 cm³/mol. The number of nitrogens with zero attached hydrogens (tertiary/aromatic N) is 1. The maximum Gasteiger partial charge on any atom is 0.242 e. The molecular weight excluding hydrogens is 234 g/mol. The van der Waals surface area contributed by atoms with Gasteiger partial charge in [-0.3, -0.25) is 9.59 Å². The number of aromatic hydroxyl groups is 1. The molecule has 4 N–H and O–H groups in total. The van der Waals surface area contributed by atoms with E-state index in [4.69, 9.17) is 10.8 Å². The smallest absolute Gasteiger partial charge is 0.242 e. The average Bonchev–Trinajstić information content (AvgIpc) is 2.38. The van der Waals surface area contributed by atoms with Gasteiger partial charge in [0.2, 0.25) is 11.8 Å². The van der Waals surface area contributed by atoms with Crippen molar-refractivity contribution in [2.75, 3.05) is 20.1 Å². The van der Waals surface area contributed by atoms with Crippen LogP contribution in [0.2, 0.25) is 0 Å². The molecule has 0 radical (unpaired) electrons. The number of carbonyl (C=O) groups is 2. The highest BCUT2D eigenvalue weighted by Crippen LogP contribution is 2.10. The van der Waals surface area contributed by atoms with Gasteiger partial charge in [0.15, 0.2) is 0 Å². The maximum absolute atomic E-state index is 11.7. The van der Waals surface area contributed by atoms with E-state index in [0.717, 1.165) is 5.56 Å². The van der Waals surface area contributed by atoms with E-state index in [9.17, 15) is 9.59 Å². The summed E-state index contributed by atoms with van der Waals surface area (Å²) in [6.45, 7) is 0.219. The molecule has 6 nitrogen and oxygen atoms in total. The number of phenolic OH excluding ortho intramolecular Hbond substituents is 1. The van der Waals surface area contributed by atoms with E-state index in [1.54, 1.807) is 31.3 Å². The lowest BCUT2D eigenvalue weighted by molar-refractivity contribution is -0.131. The van der Waals surface area contributed by atoms with E-state index in [1.807, 2.05) is 0 Å². The van der Waals surface area contributed by atoms with Crippen LogP contribution in [0.15, 0.2) is 24.3 Å². The molecule has 0 spiro atoms. The first-order valence-corrected chi connectivity index (χ1v) is 5.51. The molecule has 98 valence electrons. The van der Waals surface area contributed by atoms with Crippen molar-refractivity contribution in [3.05, 3.63) is 29.8 Å². The third kappa shape index (κ3) is 4.42. The zero-order valence-electron chi connectivity index (χ0n) is 10.2. The van der Waals surface area contributed by atoms with Crippen LogP contribution in [0.25, 0.3) is 0 Å². The largest absolute Gasteiger partial charge is 0.508 e. The van der Waals surface area contributed by atoms with Crippen LogP contribution in [0.5, 0.6) is 5.75 Å². The van der Waals surface area contributed by atoms with Gasteiger partial charge < -0.3 is 21.1 Å². The van der Waals surface area contributed by atoms with E-state index in [0.29, 0.717) is 6.54 Å². The Labute approximate surface area is 105 Å². The van der Waals surface area contributed by atoms with Crippen LogP contribution in [-0.4, -0.2) is 42.0 Å². The van der Waals surface area contributed by atoms with Crippen LogP contribution in [0.1, 0.15) is 5.56 Å². The molecule has 2 amide bonds. The molecule has 0 saturated heterocycles. The van der Waals surface area contributed by atoms with Crippen molar-refractivity contribution in [1.82, 2.24) is 10.2 Å². The molecule has 1 aromatic rings. The Morgan fingerprint density at radius 3 is 2.50 bits per heavy atom. The van der Waals surface area contributed by atoms with E-state index in [1.165, 1.54) is 4.90 Å². The van der Waals surface area contributed by atoms with Gasteiger partial charge in [0, 0.05) is 13.6 Å². The van der Waals surface area contributed by atoms with Crippen LogP contribution in [0, 0.1) is 0 Å². The summed E-state index contributed by atoms with van der Waals surface area (Å²) in [4.78, 5) is 24.0. The first kappa shape index (κ1) is 14.0. The lowest BCUT2D eigenvalue weighted by atomic mass is 10.2. The lowest BCUT2D eigenvalue weighted by Gasteiger charge is -2.17. The molecule has 1 rings (SSSR count). The summed E-state index contributed by atoms with van der Waals surface area (Å²) in [6, 6.07) is 6.59. The minimum atomic E-state index is -0.360. The monoisotopic (exact) mass is 251 g/mol. The number of hydrogen-bond acceptors (Lipinski definition) is 4. The Morgan fingerprint density at radius 1 is 1.33 bits per heavy atom. The summed E-state index contributed by atoms with van der Waals surface area (Å²) in [5.74, 6) is -0.380. The SMILES string of the molecule is CN(Cc1ccc(O)cc1)C(=O)CNC(=O)CN. The summed E-state index contributed by atoms with van der Waals surface area (Å²) in [7, 11) is 1.64. The van der Waals surface area contributed by atoms with Crippen molar-refractivity contribution >= 4 is 11.8 Å². The molecule has 0 aromatic heterocycles. The predicted octanol–water partition coefficient (Wildman–Crippen LogP) is -0.574. The van der Waals surface area contributed by atoms with Gasteiger partial charge in [-0.1, -0.05) is 12.1 Å². The number of nitrogens with one attached hydrogen (secondary N) is 1. The summed E-state index contributed by atoms with van der Waals surface area (Å²) in [5, 5.41) is 11.5. The van der Waals surface area contributed by atoms with E-state index >= 15 is 0 Å². The zero-order chi connectivity index (χ0) is 13.5. The van der Waals surface area contributed by atoms with Crippen molar-refractivity contribution in [2.24, 2.45) is 5.73 Å². The van der Waals surface area contributed by atoms with E-state index < -0.39 is 0 Å². The fourth-order valence-electron chi connectivity index (χ4n) is 1.34. The fraction of sp³-hybridized carbons (Fsp3) is 0.333.